The molecule has 1 aromatic rings. The number of hydrogen-bond donors (Lipinski definition) is 2. The third kappa shape index (κ3) is 3.23. The van der Waals surface area contributed by atoms with Crippen LogP contribution in [0.4, 0.5) is 5.69 Å². The second kappa shape index (κ2) is 5.71. The molecule has 0 bridgehead atoms. The average molecular weight is 312 g/mol. The summed E-state index contributed by atoms with van der Waals surface area (Å²) in [7, 11) is 2.11. The molecule has 98 valence electrons. The number of nitrogens with two attached hydrogens (primary N) is 1. The van der Waals surface area contributed by atoms with Crippen LogP contribution < -0.4 is 11.1 Å². The van der Waals surface area contributed by atoms with Crippen molar-refractivity contribution in [3.8, 4) is 0 Å². The van der Waals surface area contributed by atoms with Crippen molar-refractivity contribution in [1.82, 2.24) is 10.2 Å². The van der Waals surface area contributed by atoms with Crippen LogP contribution in [-0.4, -0.2) is 37.5 Å². The van der Waals surface area contributed by atoms with E-state index in [1.165, 1.54) is 0 Å². The summed E-state index contributed by atoms with van der Waals surface area (Å²) in [5, 5.41) is 2.98. The lowest BCUT2D eigenvalue weighted by Gasteiger charge is -2.12. The molecule has 1 saturated heterocycles. The van der Waals surface area contributed by atoms with Crippen molar-refractivity contribution >= 4 is 27.5 Å². The lowest BCUT2D eigenvalue weighted by atomic mass is 10.1. The molecule has 2 rings (SSSR count). The number of halogens is 1. The van der Waals surface area contributed by atoms with Gasteiger partial charge in [-0.3, -0.25) is 4.79 Å². The lowest BCUT2D eigenvalue weighted by Crippen LogP contribution is -2.30. The summed E-state index contributed by atoms with van der Waals surface area (Å²) in [5.74, 6) is 0.488. The maximum Gasteiger partial charge on any atom is 0.252 e. The van der Waals surface area contributed by atoms with Crippen molar-refractivity contribution in [2.24, 2.45) is 5.92 Å². The summed E-state index contributed by atoms with van der Waals surface area (Å²) in [6.07, 6.45) is 1.15. The van der Waals surface area contributed by atoms with Gasteiger partial charge in [-0.05, 0) is 60.1 Å². The second-order valence-corrected chi connectivity index (χ2v) is 5.72. The van der Waals surface area contributed by atoms with Crippen LogP contribution in [0.5, 0.6) is 0 Å². The van der Waals surface area contributed by atoms with Crippen molar-refractivity contribution in [2.75, 3.05) is 32.4 Å². The Morgan fingerprint density at radius 3 is 3.06 bits per heavy atom. The minimum absolute atomic E-state index is 0.0660. The summed E-state index contributed by atoms with van der Waals surface area (Å²) in [5.41, 5.74) is 6.89. The highest BCUT2D eigenvalue weighted by molar-refractivity contribution is 9.10. The quantitative estimate of drug-likeness (QED) is 0.836. The summed E-state index contributed by atoms with van der Waals surface area (Å²) in [6, 6.07) is 5.26. The molecular formula is C13H18BrN3O. The molecule has 1 unspecified atom stereocenters. The summed E-state index contributed by atoms with van der Waals surface area (Å²) in [6.45, 7) is 2.89. The van der Waals surface area contributed by atoms with Gasteiger partial charge in [0, 0.05) is 23.2 Å². The molecule has 0 aliphatic carbocycles. The number of rotatable bonds is 3. The molecule has 5 heteroatoms. The van der Waals surface area contributed by atoms with Gasteiger partial charge >= 0.3 is 0 Å². The Morgan fingerprint density at radius 1 is 1.61 bits per heavy atom. The molecule has 0 spiro atoms. The van der Waals surface area contributed by atoms with Gasteiger partial charge in [-0.15, -0.1) is 0 Å². The van der Waals surface area contributed by atoms with Crippen molar-refractivity contribution in [3.05, 3.63) is 28.2 Å². The maximum absolute atomic E-state index is 12.0. The smallest absolute Gasteiger partial charge is 0.252 e. The number of anilines is 1. The highest BCUT2D eigenvalue weighted by atomic mass is 79.9. The number of nitrogens with zero attached hydrogens (tertiary/aromatic N) is 1. The van der Waals surface area contributed by atoms with Crippen molar-refractivity contribution in [3.63, 3.8) is 0 Å². The molecule has 18 heavy (non-hydrogen) atoms. The van der Waals surface area contributed by atoms with Gasteiger partial charge in [0.05, 0.1) is 5.56 Å². The minimum atomic E-state index is -0.0660. The maximum atomic E-state index is 12.0. The Kier molecular flexibility index (Phi) is 4.24. The van der Waals surface area contributed by atoms with Crippen LogP contribution in [0.2, 0.25) is 0 Å². The number of amides is 1. The Morgan fingerprint density at radius 2 is 2.39 bits per heavy atom. The lowest BCUT2D eigenvalue weighted by molar-refractivity contribution is 0.0947. The van der Waals surface area contributed by atoms with E-state index in [1.807, 2.05) is 0 Å². The molecule has 1 aliphatic heterocycles. The Bertz CT molecular complexity index is 450. The molecule has 1 amide bonds. The van der Waals surface area contributed by atoms with Crippen LogP contribution >= 0.6 is 15.9 Å². The van der Waals surface area contributed by atoms with E-state index in [9.17, 15) is 4.79 Å². The Labute approximate surface area is 116 Å². The summed E-state index contributed by atoms with van der Waals surface area (Å²) >= 11 is 3.37. The zero-order chi connectivity index (χ0) is 13.1. The third-order valence-electron chi connectivity index (χ3n) is 3.28. The van der Waals surface area contributed by atoms with E-state index in [1.54, 1.807) is 18.2 Å². The van der Waals surface area contributed by atoms with Gasteiger partial charge in [0.15, 0.2) is 0 Å². The van der Waals surface area contributed by atoms with Gasteiger partial charge in [-0.25, -0.2) is 0 Å². The first-order valence-corrected chi connectivity index (χ1v) is 6.87. The van der Waals surface area contributed by atoms with Crippen LogP contribution in [0.25, 0.3) is 0 Å². The standard InChI is InChI=1S/C13H18BrN3O/c1-17-5-4-9(8-17)7-16-13(18)11-6-10(15)2-3-12(11)14/h2-3,6,9H,4-5,7-8,15H2,1H3,(H,16,18). The molecule has 0 aromatic heterocycles. The molecule has 4 nitrogen and oxygen atoms in total. The normalized spacial score (nSPS) is 20.0. The van der Waals surface area contributed by atoms with E-state index in [0.29, 0.717) is 17.2 Å². The number of carbonyl (C=O) groups excluding carboxylic acids is 1. The van der Waals surface area contributed by atoms with Gasteiger partial charge < -0.3 is 16.0 Å². The van der Waals surface area contributed by atoms with E-state index < -0.39 is 0 Å². The van der Waals surface area contributed by atoms with Crippen LogP contribution in [-0.2, 0) is 0 Å². The van der Waals surface area contributed by atoms with Crippen molar-refractivity contribution in [2.45, 2.75) is 6.42 Å². The van der Waals surface area contributed by atoms with Crippen molar-refractivity contribution in [1.29, 1.82) is 0 Å². The van der Waals surface area contributed by atoms with Gasteiger partial charge in [0.2, 0.25) is 0 Å². The zero-order valence-electron chi connectivity index (χ0n) is 10.4. The molecule has 3 N–H and O–H groups in total. The van der Waals surface area contributed by atoms with Gasteiger partial charge in [-0.1, -0.05) is 0 Å². The topological polar surface area (TPSA) is 58.4 Å². The molecule has 1 aromatic carbocycles. The first-order valence-electron chi connectivity index (χ1n) is 6.08. The van der Waals surface area contributed by atoms with E-state index in [-0.39, 0.29) is 5.91 Å². The predicted molar refractivity (Wildman–Crippen MR) is 76.5 cm³/mol. The number of nitrogens with one attached hydrogen (secondary N) is 1. The number of hydrogen-bond acceptors (Lipinski definition) is 3. The first-order chi connectivity index (χ1) is 8.56. The van der Waals surface area contributed by atoms with E-state index in [0.717, 1.165) is 30.5 Å². The average Bonchev–Trinajstić information content (AvgIpc) is 2.75. The number of carbonyl (C=O) groups is 1. The van der Waals surface area contributed by atoms with Crippen LogP contribution in [0.3, 0.4) is 0 Å². The number of likely N-dealkylation sites (tertiary alicyclic amines) is 1. The van der Waals surface area contributed by atoms with Gasteiger partial charge in [0.25, 0.3) is 5.91 Å². The Hall–Kier alpha value is -1.07. The largest absolute Gasteiger partial charge is 0.399 e. The number of benzene rings is 1. The van der Waals surface area contributed by atoms with Crippen LogP contribution in [0.15, 0.2) is 22.7 Å². The third-order valence-corrected chi connectivity index (χ3v) is 3.97. The monoisotopic (exact) mass is 311 g/mol. The molecule has 1 atom stereocenters. The SMILES string of the molecule is CN1CCC(CNC(=O)c2cc(N)ccc2Br)C1. The van der Waals surface area contributed by atoms with E-state index in [4.69, 9.17) is 5.73 Å². The Balaban J connectivity index is 1.93. The van der Waals surface area contributed by atoms with E-state index >= 15 is 0 Å². The molecular weight excluding hydrogens is 294 g/mol. The molecule has 0 saturated carbocycles. The fraction of sp³-hybridized carbons (Fsp3) is 0.462. The van der Waals surface area contributed by atoms with Gasteiger partial charge in [0.1, 0.15) is 0 Å². The number of nitrogen functional groups attached to an aromatic ring is 1. The minimum Gasteiger partial charge on any atom is -0.399 e. The zero-order valence-corrected chi connectivity index (χ0v) is 12.0. The predicted octanol–water partition coefficient (Wildman–Crippen LogP) is 1.71. The molecule has 1 aliphatic rings. The van der Waals surface area contributed by atoms with Crippen LogP contribution in [0.1, 0.15) is 16.8 Å². The first kappa shape index (κ1) is 13.4. The van der Waals surface area contributed by atoms with Gasteiger partial charge in [-0.2, -0.15) is 0 Å². The van der Waals surface area contributed by atoms with Crippen molar-refractivity contribution < 1.29 is 4.79 Å². The molecule has 1 fully saturated rings. The molecule has 0 radical (unpaired) electrons. The molecule has 1 heterocycles. The highest BCUT2D eigenvalue weighted by Crippen LogP contribution is 2.20. The second-order valence-electron chi connectivity index (χ2n) is 4.87. The van der Waals surface area contributed by atoms with Crippen LogP contribution in [0, 0.1) is 5.92 Å². The fourth-order valence-electron chi connectivity index (χ4n) is 2.24. The van der Waals surface area contributed by atoms with E-state index in [2.05, 4.69) is 33.2 Å². The fourth-order valence-corrected chi connectivity index (χ4v) is 2.67. The highest BCUT2D eigenvalue weighted by Gasteiger charge is 2.20. The summed E-state index contributed by atoms with van der Waals surface area (Å²) < 4.78 is 0.776. The summed E-state index contributed by atoms with van der Waals surface area (Å²) in [4.78, 5) is 14.3.